The van der Waals surface area contributed by atoms with Gasteiger partial charge < -0.3 is 29.0 Å². The van der Waals surface area contributed by atoms with Gasteiger partial charge in [-0.05, 0) is 36.2 Å². The van der Waals surface area contributed by atoms with Crippen LogP contribution in [0, 0.1) is 0 Å². The Morgan fingerprint density at radius 1 is 1.21 bits per heavy atom. The summed E-state index contributed by atoms with van der Waals surface area (Å²) in [5.74, 6) is 1.20. The highest BCUT2D eigenvalue weighted by Gasteiger charge is 2.29. The summed E-state index contributed by atoms with van der Waals surface area (Å²) in [6.07, 6.45) is 0.879. The van der Waals surface area contributed by atoms with Gasteiger partial charge >= 0.3 is 6.09 Å². The number of hydrogen-bond donors (Lipinski definition) is 2. The van der Waals surface area contributed by atoms with Crippen molar-refractivity contribution in [2.24, 2.45) is 7.05 Å². The predicted molar refractivity (Wildman–Crippen MR) is 138 cm³/mol. The van der Waals surface area contributed by atoms with Gasteiger partial charge in [-0.2, -0.15) is 0 Å². The van der Waals surface area contributed by atoms with Gasteiger partial charge in [0.1, 0.15) is 6.67 Å². The number of para-hydroxylation sites is 1. The molecule has 2 N–H and O–H groups in total. The lowest BCUT2D eigenvalue weighted by Gasteiger charge is -2.31. The number of nitrogens with one attached hydrogen (secondary N) is 1. The molecule has 194 valence electrons. The van der Waals surface area contributed by atoms with E-state index in [4.69, 9.17) is 14.6 Å². The second-order valence-corrected chi connectivity index (χ2v) is 9.45. The van der Waals surface area contributed by atoms with E-state index in [1.807, 2.05) is 48.0 Å². The number of rotatable bonds is 7. The van der Waals surface area contributed by atoms with E-state index in [0.717, 1.165) is 39.3 Å². The molecule has 6 rings (SSSR count). The van der Waals surface area contributed by atoms with Crippen molar-refractivity contribution in [3.63, 3.8) is 0 Å². The molecule has 3 aromatic heterocycles. The number of hydrogen-bond acceptors (Lipinski definition) is 5. The molecule has 2 aromatic carbocycles. The van der Waals surface area contributed by atoms with E-state index in [2.05, 4.69) is 21.1 Å². The van der Waals surface area contributed by atoms with Crippen LogP contribution in [0.3, 0.4) is 0 Å². The summed E-state index contributed by atoms with van der Waals surface area (Å²) in [7, 11) is 1.95. The number of aryl methyl sites for hydroxylation is 1. The van der Waals surface area contributed by atoms with E-state index in [-0.39, 0.29) is 12.5 Å². The monoisotopic (exact) mass is 516 g/mol. The van der Waals surface area contributed by atoms with Crippen LogP contribution in [0.25, 0.3) is 33.5 Å². The number of alkyl halides is 1. The van der Waals surface area contributed by atoms with Crippen LogP contribution in [-0.4, -0.2) is 67.1 Å². The molecule has 0 fully saturated rings. The molecule has 0 saturated heterocycles. The normalized spacial score (nSPS) is 14.3. The van der Waals surface area contributed by atoms with Crippen LogP contribution in [0.15, 0.2) is 59.3 Å². The summed E-state index contributed by atoms with van der Waals surface area (Å²) < 4.78 is 22.9. The van der Waals surface area contributed by atoms with Crippen LogP contribution in [0.1, 0.15) is 21.7 Å². The Labute approximate surface area is 216 Å². The number of amides is 2. The fourth-order valence-electron chi connectivity index (χ4n) is 5.24. The number of aromatic nitrogens is 4. The number of carboxylic acid groups (broad SMARTS) is 1. The Kier molecular flexibility index (Phi) is 5.82. The minimum absolute atomic E-state index is 0.0334. The Balaban J connectivity index is 1.40. The van der Waals surface area contributed by atoms with Gasteiger partial charge in [-0.3, -0.25) is 4.79 Å². The topological polar surface area (TPSA) is 118 Å². The molecule has 10 nitrogen and oxygen atoms in total. The molecule has 2 amide bonds. The number of benzene rings is 2. The van der Waals surface area contributed by atoms with Crippen LogP contribution in [-0.2, 0) is 20.0 Å². The second-order valence-electron chi connectivity index (χ2n) is 9.45. The van der Waals surface area contributed by atoms with E-state index in [1.54, 1.807) is 12.3 Å². The number of halogens is 1. The van der Waals surface area contributed by atoms with E-state index in [1.165, 1.54) is 4.90 Å². The average Bonchev–Trinajstić information content (AvgIpc) is 3.63. The maximum absolute atomic E-state index is 13.4. The van der Waals surface area contributed by atoms with Crippen molar-refractivity contribution < 1.29 is 23.6 Å². The number of carbonyl (C=O) groups excluding carboxylic acids is 1. The number of imidazole rings is 1. The van der Waals surface area contributed by atoms with Crippen LogP contribution < -0.4 is 5.32 Å². The Hall–Kier alpha value is -4.67. The Morgan fingerprint density at radius 2 is 2.05 bits per heavy atom. The fraction of sp³-hybridized carbons (Fsp3) is 0.259. The smallest absolute Gasteiger partial charge is 0.405 e. The first-order valence-electron chi connectivity index (χ1n) is 12.2. The molecule has 0 bridgehead atoms. The molecule has 0 spiro atoms. The van der Waals surface area contributed by atoms with Gasteiger partial charge in [-0.1, -0.05) is 23.4 Å². The third kappa shape index (κ3) is 4.05. The highest BCUT2D eigenvalue weighted by molar-refractivity contribution is 6.00. The molecule has 11 heteroatoms. The lowest BCUT2D eigenvalue weighted by atomic mass is 9.97. The molecule has 4 heterocycles. The van der Waals surface area contributed by atoms with Crippen molar-refractivity contribution in [3.05, 3.63) is 71.6 Å². The Morgan fingerprint density at radius 3 is 2.82 bits per heavy atom. The maximum atomic E-state index is 13.4. The Bertz CT molecular complexity index is 1670. The molecule has 1 aliphatic rings. The standard InChI is InChI=1S/C27H25FN6O4/c1-32-23-10-16-7-9-33(14-18(13-28)30-27(36)37)26(35)20(16)12-21(23)31-25(32)24-11-17-4-2-3-5-22(17)34(24)15-19-6-8-29-38-19/h2-6,8,10-12,18,30H,7,9,13-15H2,1H3,(H,36,37)/t18-/m1/s1. The van der Waals surface area contributed by atoms with Crippen molar-refractivity contribution in [1.29, 1.82) is 0 Å². The van der Waals surface area contributed by atoms with Gasteiger partial charge in [0.05, 0.1) is 35.5 Å². The fourth-order valence-corrected chi connectivity index (χ4v) is 5.24. The molecule has 38 heavy (non-hydrogen) atoms. The number of fused-ring (bicyclic) bond motifs is 3. The zero-order chi connectivity index (χ0) is 26.4. The maximum Gasteiger partial charge on any atom is 0.405 e. The summed E-state index contributed by atoms with van der Waals surface area (Å²) in [4.78, 5) is 30.7. The summed E-state index contributed by atoms with van der Waals surface area (Å²) in [5.41, 5.74) is 4.89. The van der Waals surface area contributed by atoms with Crippen molar-refractivity contribution in [2.45, 2.75) is 19.0 Å². The molecule has 1 aliphatic heterocycles. The lowest BCUT2D eigenvalue weighted by molar-refractivity contribution is 0.0714. The van der Waals surface area contributed by atoms with Crippen molar-refractivity contribution in [3.8, 4) is 11.5 Å². The van der Waals surface area contributed by atoms with Gasteiger partial charge in [0.25, 0.3) is 5.91 Å². The van der Waals surface area contributed by atoms with E-state index >= 15 is 0 Å². The van der Waals surface area contributed by atoms with Crippen LogP contribution in [0.5, 0.6) is 0 Å². The zero-order valence-electron chi connectivity index (χ0n) is 20.6. The SMILES string of the molecule is Cn1c(-c2cc3ccccc3n2Cc2ccno2)nc2cc3c(cc21)CCN(C[C@@H](CF)NC(=O)O)C3=O. The van der Waals surface area contributed by atoms with Crippen molar-refractivity contribution in [1.82, 2.24) is 29.5 Å². The molecular formula is C27H25FN6O4. The molecule has 0 saturated carbocycles. The summed E-state index contributed by atoms with van der Waals surface area (Å²) in [5, 5.41) is 16.0. The van der Waals surface area contributed by atoms with Crippen LogP contribution in [0.2, 0.25) is 0 Å². The molecular weight excluding hydrogens is 491 g/mol. The van der Waals surface area contributed by atoms with Gasteiger partial charge in [0, 0.05) is 42.7 Å². The third-order valence-corrected chi connectivity index (χ3v) is 7.07. The first-order valence-corrected chi connectivity index (χ1v) is 12.2. The first-order chi connectivity index (χ1) is 18.4. The number of carbonyl (C=O) groups is 2. The predicted octanol–water partition coefficient (Wildman–Crippen LogP) is 3.84. The molecule has 0 radical (unpaired) electrons. The molecule has 0 unspecified atom stereocenters. The van der Waals surface area contributed by atoms with E-state index in [0.29, 0.717) is 30.6 Å². The van der Waals surface area contributed by atoms with E-state index < -0.39 is 18.8 Å². The van der Waals surface area contributed by atoms with Gasteiger partial charge in [-0.25, -0.2) is 14.2 Å². The van der Waals surface area contributed by atoms with Gasteiger partial charge in [0.15, 0.2) is 11.6 Å². The third-order valence-electron chi connectivity index (χ3n) is 7.07. The van der Waals surface area contributed by atoms with Crippen molar-refractivity contribution >= 4 is 33.9 Å². The average molecular weight is 517 g/mol. The zero-order valence-corrected chi connectivity index (χ0v) is 20.6. The minimum atomic E-state index is -1.32. The van der Waals surface area contributed by atoms with Gasteiger partial charge in [-0.15, -0.1) is 0 Å². The minimum Gasteiger partial charge on any atom is -0.465 e. The molecule has 0 aliphatic carbocycles. The summed E-state index contributed by atoms with van der Waals surface area (Å²) in [6.45, 7) is -0.0661. The van der Waals surface area contributed by atoms with Crippen molar-refractivity contribution in [2.75, 3.05) is 19.8 Å². The van der Waals surface area contributed by atoms with E-state index in [9.17, 15) is 14.0 Å². The largest absolute Gasteiger partial charge is 0.465 e. The number of nitrogens with zero attached hydrogens (tertiary/aromatic N) is 5. The van der Waals surface area contributed by atoms with Crippen LogP contribution in [0.4, 0.5) is 9.18 Å². The summed E-state index contributed by atoms with van der Waals surface area (Å²) >= 11 is 0. The second kappa shape index (κ2) is 9.33. The van der Waals surface area contributed by atoms with Crippen LogP contribution >= 0.6 is 0 Å². The highest BCUT2D eigenvalue weighted by Crippen LogP contribution is 2.32. The molecule has 5 aromatic rings. The lowest BCUT2D eigenvalue weighted by Crippen LogP contribution is -2.48. The first kappa shape index (κ1) is 23.7. The highest BCUT2D eigenvalue weighted by atomic mass is 19.1. The summed E-state index contributed by atoms with van der Waals surface area (Å²) in [6, 6.07) is 14.8. The van der Waals surface area contributed by atoms with Gasteiger partial charge in [0.2, 0.25) is 0 Å². The molecule has 1 atom stereocenters. The quantitative estimate of drug-likeness (QED) is 0.339.